The maximum Gasteiger partial charge on any atom is 0.227 e. The van der Waals surface area contributed by atoms with Crippen molar-refractivity contribution in [2.75, 3.05) is 11.9 Å². The molecule has 5 nitrogen and oxygen atoms in total. The first-order chi connectivity index (χ1) is 11.0. The van der Waals surface area contributed by atoms with Crippen LogP contribution in [-0.2, 0) is 11.3 Å². The van der Waals surface area contributed by atoms with E-state index in [1.54, 1.807) is 0 Å². The highest BCUT2D eigenvalue weighted by Gasteiger charge is 2.22. The first-order valence-corrected chi connectivity index (χ1v) is 8.48. The van der Waals surface area contributed by atoms with Gasteiger partial charge in [-0.3, -0.25) is 4.79 Å². The van der Waals surface area contributed by atoms with Gasteiger partial charge in [0.1, 0.15) is 0 Å². The predicted molar refractivity (Wildman–Crippen MR) is 95.2 cm³/mol. The normalized spacial score (nSPS) is 15.9. The van der Waals surface area contributed by atoms with E-state index in [1.807, 2.05) is 24.3 Å². The summed E-state index contributed by atoms with van der Waals surface area (Å²) in [7, 11) is 0. The van der Waals surface area contributed by atoms with Crippen molar-refractivity contribution < 1.29 is 4.79 Å². The van der Waals surface area contributed by atoms with Gasteiger partial charge >= 0.3 is 0 Å². The van der Waals surface area contributed by atoms with Crippen LogP contribution in [0.2, 0.25) is 0 Å². The number of hydrogen-bond acceptors (Lipinski definition) is 2. The molecule has 1 aromatic carbocycles. The van der Waals surface area contributed by atoms with Crippen molar-refractivity contribution in [1.82, 2.24) is 5.32 Å². The highest BCUT2D eigenvalue weighted by molar-refractivity contribution is 5.92. The van der Waals surface area contributed by atoms with E-state index in [1.165, 1.54) is 0 Å². The number of benzene rings is 1. The van der Waals surface area contributed by atoms with Crippen LogP contribution in [0.4, 0.5) is 5.69 Å². The fraction of sp³-hybridized carbons (Fsp3) is 0.556. The molecule has 0 bridgehead atoms. The molecule has 0 radical (unpaired) electrons. The standard InChI is InChI=1S/C18H28N4O/c1-13(2)11-20-18(19)21-12-14-6-5-9-16(10-14)22-17(23)15-7-3-4-8-15/h5-6,9-10,13,15H,3-4,7-8,11-12H2,1-2H3,(H,22,23)(H3,19,20,21). The van der Waals surface area contributed by atoms with Crippen LogP contribution < -0.4 is 16.4 Å². The van der Waals surface area contributed by atoms with Gasteiger partial charge in [-0.15, -0.1) is 0 Å². The molecular formula is C18H28N4O. The molecular weight excluding hydrogens is 288 g/mol. The Morgan fingerprint density at radius 3 is 2.78 bits per heavy atom. The maximum absolute atomic E-state index is 12.2. The summed E-state index contributed by atoms with van der Waals surface area (Å²) in [5, 5.41) is 6.11. The van der Waals surface area contributed by atoms with Crippen LogP contribution in [-0.4, -0.2) is 18.4 Å². The minimum absolute atomic E-state index is 0.140. The zero-order valence-electron chi connectivity index (χ0n) is 14.1. The third-order valence-electron chi connectivity index (χ3n) is 4.04. The lowest BCUT2D eigenvalue weighted by Gasteiger charge is -2.11. The second-order valence-electron chi connectivity index (χ2n) is 6.65. The van der Waals surface area contributed by atoms with Gasteiger partial charge in [0.05, 0.1) is 6.54 Å². The lowest BCUT2D eigenvalue weighted by molar-refractivity contribution is -0.119. The third-order valence-corrected chi connectivity index (χ3v) is 4.04. The van der Waals surface area contributed by atoms with Gasteiger partial charge in [0.2, 0.25) is 5.91 Å². The number of nitrogens with one attached hydrogen (secondary N) is 2. The zero-order chi connectivity index (χ0) is 16.7. The number of carbonyl (C=O) groups is 1. The van der Waals surface area contributed by atoms with Crippen LogP contribution in [0.3, 0.4) is 0 Å². The van der Waals surface area contributed by atoms with E-state index in [0.29, 0.717) is 18.4 Å². The number of carbonyl (C=O) groups excluding carboxylic acids is 1. The van der Waals surface area contributed by atoms with Gasteiger partial charge < -0.3 is 16.4 Å². The molecule has 1 amide bonds. The molecule has 1 saturated carbocycles. The largest absolute Gasteiger partial charge is 0.370 e. The molecule has 23 heavy (non-hydrogen) atoms. The van der Waals surface area contributed by atoms with Crippen LogP contribution in [0.1, 0.15) is 45.1 Å². The van der Waals surface area contributed by atoms with Crippen molar-refractivity contribution in [3.05, 3.63) is 29.8 Å². The second-order valence-corrected chi connectivity index (χ2v) is 6.65. The molecule has 0 atom stereocenters. The summed E-state index contributed by atoms with van der Waals surface area (Å²) in [5.74, 6) is 1.30. The van der Waals surface area contributed by atoms with E-state index in [2.05, 4.69) is 29.5 Å². The number of nitrogens with two attached hydrogens (primary N) is 1. The Bertz CT molecular complexity index is 548. The van der Waals surface area contributed by atoms with E-state index < -0.39 is 0 Å². The molecule has 0 heterocycles. The molecule has 1 aliphatic carbocycles. The molecule has 4 N–H and O–H groups in total. The summed E-state index contributed by atoms with van der Waals surface area (Å²) in [5.41, 5.74) is 7.71. The number of amides is 1. The summed E-state index contributed by atoms with van der Waals surface area (Å²) < 4.78 is 0. The molecule has 0 aliphatic heterocycles. The SMILES string of the molecule is CC(C)CNC(N)=NCc1cccc(NC(=O)C2CCCC2)c1. The molecule has 1 fully saturated rings. The lowest BCUT2D eigenvalue weighted by Crippen LogP contribution is -2.34. The molecule has 5 heteroatoms. The summed E-state index contributed by atoms with van der Waals surface area (Å²) in [6.45, 7) is 5.56. The zero-order valence-corrected chi connectivity index (χ0v) is 14.1. The van der Waals surface area contributed by atoms with Crippen molar-refractivity contribution in [3.8, 4) is 0 Å². The van der Waals surface area contributed by atoms with Gasteiger partial charge in [-0.25, -0.2) is 4.99 Å². The highest BCUT2D eigenvalue weighted by Crippen LogP contribution is 2.26. The molecule has 1 aromatic rings. The maximum atomic E-state index is 12.2. The van der Waals surface area contributed by atoms with Crippen molar-refractivity contribution in [3.63, 3.8) is 0 Å². The Balaban J connectivity index is 1.88. The van der Waals surface area contributed by atoms with Crippen molar-refractivity contribution in [1.29, 1.82) is 0 Å². The first-order valence-electron chi connectivity index (χ1n) is 8.48. The Kier molecular flexibility index (Phi) is 6.44. The predicted octanol–water partition coefficient (Wildman–Crippen LogP) is 2.88. The summed E-state index contributed by atoms with van der Waals surface area (Å²) in [6.07, 6.45) is 4.34. The molecule has 0 aromatic heterocycles. The second kappa shape index (κ2) is 8.56. The van der Waals surface area contributed by atoms with E-state index in [4.69, 9.17) is 5.73 Å². The van der Waals surface area contributed by atoms with Gasteiger partial charge in [0.15, 0.2) is 5.96 Å². The number of aliphatic imine (C=N–C) groups is 1. The van der Waals surface area contributed by atoms with Crippen molar-refractivity contribution in [2.24, 2.45) is 22.6 Å². The Morgan fingerprint density at radius 1 is 1.35 bits per heavy atom. The van der Waals surface area contributed by atoms with Crippen LogP contribution in [0.5, 0.6) is 0 Å². The van der Waals surface area contributed by atoms with Gasteiger partial charge in [-0.05, 0) is 36.5 Å². The number of rotatable bonds is 6. The summed E-state index contributed by atoms with van der Waals surface area (Å²) in [6, 6.07) is 7.81. The summed E-state index contributed by atoms with van der Waals surface area (Å²) in [4.78, 5) is 16.5. The van der Waals surface area contributed by atoms with Gasteiger partial charge in [0, 0.05) is 18.2 Å². The van der Waals surface area contributed by atoms with Crippen LogP contribution in [0.15, 0.2) is 29.3 Å². The molecule has 126 valence electrons. The topological polar surface area (TPSA) is 79.5 Å². The van der Waals surface area contributed by atoms with Gasteiger partial charge in [0.25, 0.3) is 0 Å². The average Bonchev–Trinajstić information content (AvgIpc) is 3.06. The molecule has 0 unspecified atom stereocenters. The quantitative estimate of drug-likeness (QED) is 0.558. The number of guanidine groups is 1. The number of nitrogens with zero attached hydrogens (tertiary/aromatic N) is 1. The molecule has 0 saturated heterocycles. The van der Waals surface area contributed by atoms with E-state index >= 15 is 0 Å². The fourth-order valence-electron chi connectivity index (χ4n) is 2.72. The van der Waals surface area contributed by atoms with E-state index in [9.17, 15) is 4.79 Å². The van der Waals surface area contributed by atoms with Gasteiger partial charge in [-0.1, -0.05) is 38.8 Å². The third kappa shape index (κ3) is 5.93. The van der Waals surface area contributed by atoms with Crippen molar-refractivity contribution >= 4 is 17.6 Å². The molecule has 1 aliphatic rings. The fourth-order valence-corrected chi connectivity index (χ4v) is 2.72. The molecule has 0 spiro atoms. The number of hydrogen-bond donors (Lipinski definition) is 3. The molecule has 2 rings (SSSR count). The first kappa shape index (κ1) is 17.3. The highest BCUT2D eigenvalue weighted by atomic mass is 16.1. The van der Waals surface area contributed by atoms with Gasteiger partial charge in [-0.2, -0.15) is 0 Å². The Hall–Kier alpha value is -2.04. The lowest BCUT2D eigenvalue weighted by atomic mass is 10.1. The summed E-state index contributed by atoms with van der Waals surface area (Å²) >= 11 is 0. The van der Waals surface area contributed by atoms with Crippen molar-refractivity contribution in [2.45, 2.75) is 46.1 Å². The smallest absolute Gasteiger partial charge is 0.227 e. The van der Waals surface area contributed by atoms with E-state index in [0.717, 1.165) is 43.5 Å². The van der Waals surface area contributed by atoms with Crippen LogP contribution in [0.25, 0.3) is 0 Å². The number of anilines is 1. The minimum atomic E-state index is 0.140. The Morgan fingerprint density at radius 2 is 2.09 bits per heavy atom. The van der Waals surface area contributed by atoms with Crippen LogP contribution in [0, 0.1) is 11.8 Å². The van der Waals surface area contributed by atoms with E-state index in [-0.39, 0.29) is 11.8 Å². The average molecular weight is 316 g/mol. The monoisotopic (exact) mass is 316 g/mol. The minimum Gasteiger partial charge on any atom is -0.370 e. The Labute approximate surface area is 138 Å². The van der Waals surface area contributed by atoms with Crippen LogP contribution >= 0.6 is 0 Å².